The Morgan fingerprint density at radius 1 is 1.15 bits per heavy atom. The minimum absolute atomic E-state index is 0.000954. The highest BCUT2D eigenvalue weighted by atomic mass is 32.1. The van der Waals surface area contributed by atoms with Crippen LogP contribution in [0.1, 0.15) is 30.4 Å². The average molecular weight is 479 g/mol. The third-order valence-corrected chi connectivity index (χ3v) is 6.73. The van der Waals surface area contributed by atoms with Gasteiger partial charge in [0.2, 0.25) is 5.91 Å². The molecule has 1 amide bonds. The fourth-order valence-corrected chi connectivity index (χ4v) is 4.68. The fourth-order valence-electron chi connectivity index (χ4n) is 4.54. The molecule has 1 saturated heterocycles. The van der Waals surface area contributed by atoms with Crippen LogP contribution in [0.3, 0.4) is 0 Å². The van der Waals surface area contributed by atoms with Crippen LogP contribution in [-0.2, 0) is 11.2 Å². The van der Waals surface area contributed by atoms with Gasteiger partial charge in [-0.1, -0.05) is 12.1 Å². The SMILES string of the molecule is Cc1cc(N2CCC(N(C)C)CC2)nc2ccc(NC(=O)CCc3ccc(OCS)cc3)cc12. The number of piperidine rings is 1. The van der Waals surface area contributed by atoms with E-state index in [2.05, 4.69) is 54.8 Å². The molecule has 0 radical (unpaired) electrons. The van der Waals surface area contributed by atoms with Gasteiger partial charge in [0.05, 0.1) is 5.52 Å². The molecule has 1 aliphatic heterocycles. The lowest BCUT2D eigenvalue weighted by atomic mass is 10.0. The normalized spacial score (nSPS) is 14.6. The van der Waals surface area contributed by atoms with Gasteiger partial charge in [0.1, 0.15) is 17.5 Å². The van der Waals surface area contributed by atoms with Gasteiger partial charge in [-0.2, -0.15) is 0 Å². The third-order valence-electron chi connectivity index (χ3n) is 6.60. The van der Waals surface area contributed by atoms with Crippen LogP contribution in [0.25, 0.3) is 10.9 Å². The van der Waals surface area contributed by atoms with Crippen molar-refractivity contribution in [2.24, 2.45) is 0 Å². The van der Waals surface area contributed by atoms with E-state index in [-0.39, 0.29) is 5.91 Å². The first-order chi connectivity index (χ1) is 16.4. The van der Waals surface area contributed by atoms with E-state index < -0.39 is 0 Å². The molecule has 6 nitrogen and oxygen atoms in total. The van der Waals surface area contributed by atoms with E-state index >= 15 is 0 Å². The van der Waals surface area contributed by atoms with Crippen LogP contribution in [0.15, 0.2) is 48.5 Å². The first-order valence-electron chi connectivity index (χ1n) is 11.9. The summed E-state index contributed by atoms with van der Waals surface area (Å²) in [5, 5.41) is 4.11. The van der Waals surface area contributed by atoms with Crippen LogP contribution in [0.2, 0.25) is 0 Å². The molecule has 0 saturated carbocycles. The number of thiol groups is 1. The van der Waals surface area contributed by atoms with Crippen molar-refractivity contribution in [3.05, 3.63) is 59.7 Å². The van der Waals surface area contributed by atoms with E-state index in [0.29, 0.717) is 24.8 Å². The van der Waals surface area contributed by atoms with Crippen molar-refractivity contribution >= 4 is 40.9 Å². The van der Waals surface area contributed by atoms with Crippen LogP contribution < -0.4 is 15.0 Å². The molecule has 3 aromatic rings. The first-order valence-corrected chi connectivity index (χ1v) is 12.5. The Morgan fingerprint density at radius 2 is 1.88 bits per heavy atom. The molecule has 1 aromatic heterocycles. The Hall–Kier alpha value is -2.77. The summed E-state index contributed by atoms with van der Waals surface area (Å²) in [4.78, 5) is 22.2. The molecule has 2 aromatic carbocycles. The number of aromatic nitrogens is 1. The van der Waals surface area contributed by atoms with Crippen molar-refractivity contribution in [2.75, 3.05) is 43.3 Å². The zero-order chi connectivity index (χ0) is 24.1. The number of amides is 1. The summed E-state index contributed by atoms with van der Waals surface area (Å²) in [5.41, 5.74) is 4.04. The average Bonchev–Trinajstić information content (AvgIpc) is 2.84. The lowest BCUT2D eigenvalue weighted by Gasteiger charge is -2.36. The Kier molecular flexibility index (Phi) is 7.95. The number of rotatable bonds is 8. The van der Waals surface area contributed by atoms with Crippen molar-refractivity contribution in [3.63, 3.8) is 0 Å². The lowest BCUT2D eigenvalue weighted by molar-refractivity contribution is -0.116. The van der Waals surface area contributed by atoms with Crippen molar-refractivity contribution in [2.45, 2.75) is 38.6 Å². The van der Waals surface area contributed by atoms with E-state index in [1.807, 2.05) is 42.5 Å². The third kappa shape index (κ3) is 6.02. The summed E-state index contributed by atoms with van der Waals surface area (Å²) >= 11 is 4.06. The first kappa shape index (κ1) is 24.4. The van der Waals surface area contributed by atoms with Crippen molar-refractivity contribution in [1.29, 1.82) is 0 Å². The summed E-state index contributed by atoms with van der Waals surface area (Å²) < 4.78 is 5.34. The number of hydrogen-bond donors (Lipinski definition) is 2. The maximum atomic E-state index is 12.5. The molecule has 1 N–H and O–H groups in total. The van der Waals surface area contributed by atoms with E-state index in [1.165, 1.54) is 5.56 Å². The highest BCUT2D eigenvalue weighted by Crippen LogP contribution is 2.27. The van der Waals surface area contributed by atoms with Gasteiger partial charge in [0.15, 0.2) is 0 Å². The topological polar surface area (TPSA) is 57.7 Å². The van der Waals surface area contributed by atoms with Gasteiger partial charge in [-0.3, -0.25) is 4.79 Å². The number of carbonyl (C=O) groups excluding carboxylic acids is 1. The monoisotopic (exact) mass is 478 g/mol. The van der Waals surface area contributed by atoms with Gasteiger partial charge in [0, 0.05) is 36.6 Å². The zero-order valence-corrected chi connectivity index (χ0v) is 21.1. The maximum Gasteiger partial charge on any atom is 0.224 e. The minimum atomic E-state index is 0.000954. The van der Waals surface area contributed by atoms with Crippen molar-refractivity contribution in [1.82, 2.24) is 9.88 Å². The smallest absolute Gasteiger partial charge is 0.224 e. The number of nitrogens with zero attached hydrogens (tertiary/aromatic N) is 3. The van der Waals surface area contributed by atoms with Gasteiger partial charge in [-0.05, 0) is 87.8 Å². The molecular weight excluding hydrogens is 444 g/mol. The fraction of sp³-hybridized carbons (Fsp3) is 0.407. The summed E-state index contributed by atoms with van der Waals surface area (Å²) in [6.45, 7) is 4.17. The quantitative estimate of drug-likeness (QED) is 0.356. The summed E-state index contributed by atoms with van der Waals surface area (Å²) in [6, 6.07) is 16.6. The Morgan fingerprint density at radius 3 is 2.56 bits per heavy atom. The Labute approximate surface area is 207 Å². The molecule has 0 spiro atoms. The molecular formula is C27H34N4O2S. The largest absolute Gasteiger partial charge is 0.483 e. The van der Waals surface area contributed by atoms with Crippen LogP contribution in [-0.4, -0.2) is 55.0 Å². The van der Waals surface area contributed by atoms with E-state index in [0.717, 1.165) is 59.7 Å². The molecule has 0 aliphatic carbocycles. The van der Waals surface area contributed by atoms with Crippen LogP contribution >= 0.6 is 12.6 Å². The second kappa shape index (κ2) is 11.1. The van der Waals surface area contributed by atoms with Crippen LogP contribution in [0.5, 0.6) is 5.75 Å². The standard InChI is InChI=1S/C27H34N4O2S/c1-19-16-26(31-14-12-22(13-15-31)30(2)3)29-25-10-7-21(17-24(19)25)28-27(32)11-6-20-4-8-23(9-5-20)33-18-34/h4-5,7-10,16-17,22,34H,6,11-15,18H2,1-3H3,(H,28,32). The van der Waals surface area contributed by atoms with Gasteiger partial charge in [0.25, 0.3) is 0 Å². The van der Waals surface area contributed by atoms with Crippen molar-refractivity contribution < 1.29 is 9.53 Å². The number of ether oxygens (including phenoxy) is 1. The molecule has 2 heterocycles. The van der Waals surface area contributed by atoms with Gasteiger partial charge in [-0.15, -0.1) is 12.6 Å². The molecule has 7 heteroatoms. The second-order valence-corrected chi connectivity index (χ2v) is 9.43. The van der Waals surface area contributed by atoms with E-state index in [9.17, 15) is 4.79 Å². The van der Waals surface area contributed by atoms with E-state index in [1.54, 1.807) is 0 Å². The van der Waals surface area contributed by atoms with Crippen LogP contribution in [0, 0.1) is 6.92 Å². The number of pyridine rings is 1. The van der Waals surface area contributed by atoms with Gasteiger partial charge < -0.3 is 19.9 Å². The van der Waals surface area contributed by atoms with Crippen LogP contribution in [0.4, 0.5) is 11.5 Å². The molecule has 4 rings (SSSR count). The number of fused-ring (bicyclic) bond motifs is 1. The summed E-state index contributed by atoms with van der Waals surface area (Å²) in [7, 11) is 4.32. The molecule has 1 aliphatic rings. The highest BCUT2D eigenvalue weighted by Gasteiger charge is 2.22. The number of nitrogens with one attached hydrogen (secondary N) is 1. The number of benzene rings is 2. The number of anilines is 2. The molecule has 0 bridgehead atoms. The second-order valence-electron chi connectivity index (χ2n) is 9.18. The Bertz CT molecular complexity index is 1130. The number of aryl methyl sites for hydroxylation is 2. The lowest BCUT2D eigenvalue weighted by Crippen LogP contribution is -2.42. The summed E-state index contributed by atoms with van der Waals surface area (Å²) in [5.74, 6) is 2.18. The molecule has 0 unspecified atom stereocenters. The number of hydrogen-bond acceptors (Lipinski definition) is 6. The van der Waals surface area contributed by atoms with Gasteiger partial charge in [-0.25, -0.2) is 4.98 Å². The van der Waals surface area contributed by atoms with Crippen molar-refractivity contribution in [3.8, 4) is 5.75 Å². The molecule has 180 valence electrons. The molecule has 34 heavy (non-hydrogen) atoms. The van der Waals surface area contributed by atoms with E-state index in [4.69, 9.17) is 9.72 Å². The predicted molar refractivity (Wildman–Crippen MR) is 143 cm³/mol. The minimum Gasteiger partial charge on any atom is -0.483 e. The predicted octanol–water partition coefficient (Wildman–Crippen LogP) is 4.91. The summed E-state index contributed by atoms with van der Waals surface area (Å²) in [6.07, 6.45) is 3.41. The maximum absolute atomic E-state index is 12.5. The highest BCUT2D eigenvalue weighted by molar-refractivity contribution is 7.80. The zero-order valence-electron chi connectivity index (χ0n) is 20.3. The number of carbonyl (C=O) groups is 1. The molecule has 1 fully saturated rings. The Balaban J connectivity index is 1.37. The van der Waals surface area contributed by atoms with Gasteiger partial charge >= 0.3 is 0 Å². The molecule has 0 atom stereocenters.